The maximum Gasteiger partial charge on any atom is 0.287 e. The second-order valence-electron chi connectivity index (χ2n) is 5.58. The fraction of sp³-hybridized carbons (Fsp3) is 0.615. The fourth-order valence-corrected chi connectivity index (χ4v) is 2.41. The minimum atomic E-state index is -0.664. The van der Waals surface area contributed by atoms with E-state index in [1.807, 2.05) is 11.8 Å². The molecule has 1 aromatic heterocycles. The minimum absolute atomic E-state index is 0.104. The molecular weight excluding hydrogens is 262 g/mol. The average molecular weight is 281 g/mol. The van der Waals surface area contributed by atoms with Gasteiger partial charge in [0, 0.05) is 12.6 Å². The molecule has 1 fully saturated rings. The summed E-state index contributed by atoms with van der Waals surface area (Å²) in [6, 6.07) is 1.26. The van der Waals surface area contributed by atoms with Gasteiger partial charge in [-0.1, -0.05) is 0 Å². The van der Waals surface area contributed by atoms with E-state index in [-0.39, 0.29) is 23.7 Å². The summed E-state index contributed by atoms with van der Waals surface area (Å²) in [6.07, 6.45) is 3.42. The van der Waals surface area contributed by atoms with Gasteiger partial charge in [-0.25, -0.2) is 0 Å². The van der Waals surface area contributed by atoms with Crippen LogP contribution in [-0.4, -0.2) is 50.9 Å². The van der Waals surface area contributed by atoms with Crippen molar-refractivity contribution in [3.05, 3.63) is 28.1 Å². The number of ketones is 1. The summed E-state index contributed by atoms with van der Waals surface area (Å²) in [5.74, 6) is -0.167. The SMILES string of the molecule is CC1(O)CCCN(CC(=O)c2cc([N+](=O)[O-])c[nH]2)CC1. The Morgan fingerprint density at radius 2 is 2.30 bits per heavy atom. The summed E-state index contributed by atoms with van der Waals surface area (Å²) in [5, 5.41) is 20.6. The van der Waals surface area contributed by atoms with Crippen LogP contribution in [0.25, 0.3) is 0 Å². The molecule has 0 spiro atoms. The van der Waals surface area contributed by atoms with Crippen LogP contribution in [0.2, 0.25) is 0 Å². The number of carbonyl (C=O) groups excluding carboxylic acids is 1. The summed E-state index contributed by atoms with van der Waals surface area (Å²) in [7, 11) is 0. The maximum absolute atomic E-state index is 12.1. The molecule has 2 N–H and O–H groups in total. The number of nitrogens with one attached hydrogen (secondary N) is 1. The van der Waals surface area contributed by atoms with Crippen molar-refractivity contribution in [1.82, 2.24) is 9.88 Å². The monoisotopic (exact) mass is 281 g/mol. The van der Waals surface area contributed by atoms with Crippen molar-refractivity contribution in [3.63, 3.8) is 0 Å². The molecule has 0 amide bonds. The number of aromatic amines is 1. The Bertz CT molecular complexity index is 509. The second kappa shape index (κ2) is 5.72. The molecule has 1 aromatic rings. The number of Topliss-reactive ketones (excluding diaryl/α,β-unsaturated/α-hetero) is 1. The van der Waals surface area contributed by atoms with Gasteiger partial charge in [0.2, 0.25) is 0 Å². The van der Waals surface area contributed by atoms with Gasteiger partial charge in [0.05, 0.1) is 29.0 Å². The van der Waals surface area contributed by atoms with Crippen LogP contribution in [0.4, 0.5) is 5.69 Å². The van der Waals surface area contributed by atoms with Crippen LogP contribution in [0.5, 0.6) is 0 Å². The Morgan fingerprint density at radius 3 is 2.95 bits per heavy atom. The van der Waals surface area contributed by atoms with Gasteiger partial charge in [0.25, 0.3) is 5.69 Å². The molecule has 7 heteroatoms. The summed E-state index contributed by atoms with van der Waals surface area (Å²) in [4.78, 5) is 26.7. The molecule has 2 heterocycles. The number of H-pyrrole nitrogens is 1. The molecule has 0 aliphatic carbocycles. The Hall–Kier alpha value is -1.73. The van der Waals surface area contributed by atoms with Crippen LogP contribution in [0, 0.1) is 10.1 Å². The molecule has 2 rings (SSSR count). The molecule has 1 aliphatic rings. The molecule has 0 saturated carbocycles. The lowest BCUT2D eigenvalue weighted by Gasteiger charge is -2.21. The van der Waals surface area contributed by atoms with Crippen LogP contribution in [0.1, 0.15) is 36.7 Å². The van der Waals surface area contributed by atoms with Gasteiger partial charge in [0.15, 0.2) is 5.78 Å². The number of nitrogens with zero attached hydrogens (tertiary/aromatic N) is 2. The van der Waals surface area contributed by atoms with Crippen molar-refractivity contribution in [2.24, 2.45) is 0 Å². The highest BCUT2D eigenvalue weighted by atomic mass is 16.6. The predicted molar refractivity (Wildman–Crippen MR) is 72.7 cm³/mol. The summed E-state index contributed by atoms with van der Waals surface area (Å²) in [5.41, 5.74) is -0.511. The number of carbonyl (C=O) groups is 1. The third-order valence-corrected chi connectivity index (χ3v) is 3.70. The molecule has 1 saturated heterocycles. The van der Waals surface area contributed by atoms with E-state index in [0.29, 0.717) is 13.0 Å². The van der Waals surface area contributed by atoms with Gasteiger partial charge in [0.1, 0.15) is 0 Å². The predicted octanol–water partition coefficient (Wildman–Crippen LogP) is 1.34. The zero-order chi connectivity index (χ0) is 14.8. The van der Waals surface area contributed by atoms with Gasteiger partial charge in [-0.3, -0.25) is 19.8 Å². The Morgan fingerprint density at radius 1 is 1.55 bits per heavy atom. The second-order valence-corrected chi connectivity index (χ2v) is 5.58. The Balaban J connectivity index is 1.95. The molecule has 0 aromatic carbocycles. The van der Waals surface area contributed by atoms with Crippen molar-refractivity contribution in [3.8, 4) is 0 Å². The standard InChI is InChI=1S/C13H19N3O4/c1-13(18)3-2-5-15(6-4-13)9-12(17)11-7-10(8-14-11)16(19)20/h7-8,14,18H,2-6,9H2,1H3. The molecule has 110 valence electrons. The van der Waals surface area contributed by atoms with Gasteiger partial charge in [-0.05, 0) is 32.7 Å². The quantitative estimate of drug-likeness (QED) is 0.493. The summed E-state index contributed by atoms with van der Waals surface area (Å²) < 4.78 is 0. The lowest BCUT2D eigenvalue weighted by atomic mass is 9.98. The van der Waals surface area contributed by atoms with E-state index in [1.54, 1.807) is 0 Å². The minimum Gasteiger partial charge on any atom is -0.390 e. The fourth-order valence-electron chi connectivity index (χ4n) is 2.41. The van der Waals surface area contributed by atoms with Gasteiger partial charge >= 0.3 is 0 Å². The molecule has 0 radical (unpaired) electrons. The highest BCUT2D eigenvalue weighted by Gasteiger charge is 2.26. The molecule has 1 aliphatic heterocycles. The van der Waals surface area contributed by atoms with Crippen LogP contribution < -0.4 is 0 Å². The van der Waals surface area contributed by atoms with Crippen molar-refractivity contribution >= 4 is 11.5 Å². The van der Waals surface area contributed by atoms with Crippen molar-refractivity contribution < 1.29 is 14.8 Å². The van der Waals surface area contributed by atoms with E-state index >= 15 is 0 Å². The van der Waals surface area contributed by atoms with Crippen LogP contribution in [0.15, 0.2) is 12.3 Å². The molecule has 0 bridgehead atoms. The van der Waals surface area contributed by atoms with Crippen molar-refractivity contribution in [2.75, 3.05) is 19.6 Å². The number of aromatic nitrogens is 1. The van der Waals surface area contributed by atoms with Crippen molar-refractivity contribution in [2.45, 2.75) is 31.8 Å². The van der Waals surface area contributed by atoms with Gasteiger partial charge < -0.3 is 10.1 Å². The molecular formula is C13H19N3O4. The van der Waals surface area contributed by atoms with E-state index < -0.39 is 10.5 Å². The molecule has 1 unspecified atom stereocenters. The highest BCUT2D eigenvalue weighted by Crippen LogP contribution is 2.21. The Kier molecular flexibility index (Phi) is 4.20. The lowest BCUT2D eigenvalue weighted by Crippen LogP contribution is -2.32. The van der Waals surface area contributed by atoms with E-state index in [1.165, 1.54) is 12.3 Å². The molecule has 20 heavy (non-hydrogen) atoms. The summed E-state index contributed by atoms with van der Waals surface area (Å²) >= 11 is 0. The zero-order valence-corrected chi connectivity index (χ0v) is 11.5. The number of rotatable bonds is 4. The highest BCUT2D eigenvalue weighted by molar-refractivity contribution is 5.96. The van der Waals surface area contributed by atoms with E-state index in [0.717, 1.165) is 19.4 Å². The first kappa shape index (κ1) is 14.7. The first-order chi connectivity index (χ1) is 9.37. The maximum atomic E-state index is 12.1. The van der Waals surface area contributed by atoms with Crippen LogP contribution in [0.3, 0.4) is 0 Å². The third kappa shape index (κ3) is 3.64. The van der Waals surface area contributed by atoms with Crippen LogP contribution in [-0.2, 0) is 0 Å². The first-order valence-electron chi connectivity index (χ1n) is 6.68. The number of aliphatic hydroxyl groups is 1. The Labute approximate surface area is 116 Å². The molecule has 1 atom stereocenters. The van der Waals surface area contributed by atoms with Crippen LogP contribution >= 0.6 is 0 Å². The topological polar surface area (TPSA) is 99.5 Å². The van der Waals surface area contributed by atoms with Gasteiger partial charge in [-0.2, -0.15) is 0 Å². The van der Waals surface area contributed by atoms with E-state index in [4.69, 9.17) is 0 Å². The zero-order valence-electron chi connectivity index (χ0n) is 11.5. The smallest absolute Gasteiger partial charge is 0.287 e. The summed E-state index contributed by atoms with van der Waals surface area (Å²) in [6.45, 7) is 3.44. The number of likely N-dealkylation sites (tertiary alicyclic amines) is 1. The first-order valence-corrected chi connectivity index (χ1v) is 6.68. The number of hydrogen-bond donors (Lipinski definition) is 2. The number of nitro groups is 1. The molecule has 7 nitrogen and oxygen atoms in total. The van der Waals surface area contributed by atoms with Crippen molar-refractivity contribution in [1.29, 1.82) is 0 Å². The third-order valence-electron chi connectivity index (χ3n) is 3.70. The average Bonchev–Trinajstić information content (AvgIpc) is 2.79. The normalized spacial score (nSPS) is 24.3. The van der Waals surface area contributed by atoms with E-state index in [2.05, 4.69) is 4.98 Å². The van der Waals surface area contributed by atoms with Gasteiger partial charge in [-0.15, -0.1) is 0 Å². The van der Waals surface area contributed by atoms with E-state index in [9.17, 15) is 20.0 Å². The largest absolute Gasteiger partial charge is 0.390 e. The lowest BCUT2D eigenvalue weighted by molar-refractivity contribution is -0.384. The number of hydrogen-bond acceptors (Lipinski definition) is 5.